The molecule has 1 aromatic heterocycles. The monoisotopic (exact) mass is 414 g/mol. The Morgan fingerprint density at radius 1 is 0.935 bits per heavy atom. The molecule has 0 bridgehead atoms. The number of aryl methyl sites for hydroxylation is 1. The van der Waals surface area contributed by atoms with E-state index in [1.807, 2.05) is 66.7 Å². The van der Waals surface area contributed by atoms with Gasteiger partial charge in [0.05, 0.1) is 13.5 Å². The lowest BCUT2D eigenvalue weighted by atomic mass is 10.0. The zero-order valence-corrected chi connectivity index (χ0v) is 17.2. The molecule has 6 nitrogen and oxygen atoms in total. The van der Waals surface area contributed by atoms with E-state index in [-0.39, 0.29) is 12.4 Å². The maximum Gasteiger partial charge on any atom is 0.311 e. The molecular formula is C25H22N2O4. The number of para-hydroxylation sites is 1. The fraction of sp³-hybridized carbons (Fsp3) is 0.160. The summed E-state index contributed by atoms with van der Waals surface area (Å²) in [5.41, 5.74) is 2.93. The van der Waals surface area contributed by atoms with Crippen LogP contribution in [0.15, 0.2) is 83.4 Å². The van der Waals surface area contributed by atoms with Crippen molar-refractivity contribution < 1.29 is 18.8 Å². The highest BCUT2D eigenvalue weighted by molar-refractivity contribution is 5.73. The van der Waals surface area contributed by atoms with Gasteiger partial charge in [0.1, 0.15) is 11.5 Å². The fourth-order valence-corrected chi connectivity index (χ4v) is 3.16. The third kappa shape index (κ3) is 5.36. The summed E-state index contributed by atoms with van der Waals surface area (Å²) in [6.45, 7) is 0. The topological polar surface area (TPSA) is 74.5 Å². The number of nitrogens with zero attached hydrogens (tertiary/aromatic N) is 2. The normalized spacial score (nSPS) is 10.6. The summed E-state index contributed by atoms with van der Waals surface area (Å²) in [6.07, 6.45) is 1.14. The number of rotatable bonds is 8. The summed E-state index contributed by atoms with van der Waals surface area (Å²) in [6, 6.07) is 25.0. The van der Waals surface area contributed by atoms with Crippen LogP contribution in [-0.2, 0) is 17.6 Å². The van der Waals surface area contributed by atoms with Crippen LogP contribution in [-0.4, -0.2) is 23.2 Å². The highest BCUT2D eigenvalue weighted by atomic mass is 16.5. The summed E-state index contributed by atoms with van der Waals surface area (Å²) in [4.78, 5) is 16.8. The van der Waals surface area contributed by atoms with Gasteiger partial charge >= 0.3 is 5.97 Å². The van der Waals surface area contributed by atoms with E-state index in [9.17, 15) is 4.79 Å². The summed E-state index contributed by atoms with van der Waals surface area (Å²) < 4.78 is 16.0. The van der Waals surface area contributed by atoms with Crippen molar-refractivity contribution in [2.75, 3.05) is 7.11 Å². The van der Waals surface area contributed by atoms with Crippen LogP contribution in [0.2, 0.25) is 0 Å². The molecule has 0 saturated carbocycles. The van der Waals surface area contributed by atoms with E-state index >= 15 is 0 Å². The molecule has 0 aliphatic heterocycles. The molecule has 1 heterocycles. The molecule has 3 aromatic carbocycles. The Bertz CT molecular complexity index is 1140. The molecule has 156 valence electrons. The predicted octanol–water partition coefficient (Wildman–Crippen LogP) is 4.87. The smallest absolute Gasteiger partial charge is 0.311 e. The third-order valence-electron chi connectivity index (χ3n) is 4.79. The van der Waals surface area contributed by atoms with Gasteiger partial charge in [-0.05, 0) is 41.5 Å². The van der Waals surface area contributed by atoms with E-state index in [0.29, 0.717) is 30.3 Å². The maximum atomic E-state index is 12.4. The highest BCUT2D eigenvalue weighted by Gasteiger charge is 2.14. The maximum absolute atomic E-state index is 12.4. The molecule has 0 amide bonds. The molecule has 0 aliphatic rings. The van der Waals surface area contributed by atoms with E-state index in [2.05, 4.69) is 22.3 Å². The van der Waals surface area contributed by atoms with Gasteiger partial charge in [-0.25, -0.2) is 0 Å². The minimum Gasteiger partial charge on any atom is -0.497 e. The Labute approximate surface area is 180 Å². The molecule has 0 N–H and O–H groups in total. The van der Waals surface area contributed by atoms with Crippen molar-refractivity contribution in [1.82, 2.24) is 10.1 Å². The minimum absolute atomic E-state index is 0.143. The fourth-order valence-electron chi connectivity index (χ4n) is 3.16. The van der Waals surface area contributed by atoms with Crippen LogP contribution in [0.4, 0.5) is 0 Å². The number of carbonyl (C=O) groups is 1. The number of aromatic nitrogens is 2. The second-order valence-corrected chi connectivity index (χ2v) is 6.98. The van der Waals surface area contributed by atoms with E-state index in [1.54, 1.807) is 7.11 Å². The first kappa shape index (κ1) is 20.3. The van der Waals surface area contributed by atoms with Crippen molar-refractivity contribution in [3.8, 4) is 22.9 Å². The van der Waals surface area contributed by atoms with Crippen LogP contribution in [0.25, 0.3) is 11.4 Å². The quantitative estimate of drug-likeness (QED) is 0.302. The molecular weight excluding hydrogens is 392 g/mol. The first-order valence-corrected chi connectivity index (χ1v) is 10.0. The number of hydrogen-bond acceptors (Lipinski definition) is 6. The van der Waals surface area contributed by atoms with E-state index in [1.165, 1.54) is 0 Å². The van der Waals surface area contributed by atoms with Crippen molar-refractivity contribution in [2.24, 2.45) is 0 Å². The number of benzene rings is 3. The highest BCUT2D eigenvalue weighted by Crippen LogP contribution is 2.23. The second-order valence-electron chi connectivity index (χ2n) is 6.98. The Morgan fingerprint density at radius 3 is 2.45 bits per heavy atom. The van der Waals surface area contributed by atoms with Crippen LogP contribution in [0.3, 0.4) is 0 Å². The number of esters is 1. The summed E-state index contributed by atoms with van der Waals surface area (Å²) in [7, 11) is 1.61. The van der Waals surface area contributed by atoms with Crippen molar-refractivity contribution in [3.05, 3.63) is 95.9 Å². The average molecular weight is 414 g/mol. The number of ether oxygens (including phenoxy) is 2. The van der Waals surface area contributed by atoms with Gasteiger partial charge in [-0.2, -0.15) is 4.98 Å². The van der Waals surface area contributed by atoms with Crippen LogP contribution >= 0.6 is 0 Å². The SMILES string of the molecule is COc1ccc(-c2noc(CCC(=O)Oc3ccccc3Cc3ccccc3)n2)cc1. The second kappa shape index (κ2) is 9.71. The lowest BCUT2D eigenvalue weighted by Gasteiger charge is -2.10. The lowest BCUT2D eigenvalue weighted by molar-refractivity contribution is -0.134. The van der Waals surface area contributed by atoms with Gasteiger partial charge in [-0.15, -0.1) is 0 Å². The standard InChI is InChI=1S/C25H22N2O4/c1-29-21-13-11-19(12-14-21)25-26-23(31-27-25)15-16-24(28)30-22-10-6-5-9-20(22)17-18-7-3-2-4-8-18/h2-14H,15-17H2,1H3. The molecule has 0 unspecified atom stereocenters. The molecule has 0 atom stereocenters. The van der Waals surface area contributed by atoms with Gasteiger partial charge in [-0.1, -0.05) is 53.7 Å². The van der Waals surface area contributed by atoms with Crippen LogP contribution < -0.4 is 9.47 Å². The lowest BCUT2D eigenvalue weighted by Crippen LogP contribution is -2.10. The zero-order chi connectivity index (χ0) is 21.5. The van der Waals surface area contributed by atoms with Crippen LogP contribution in [0.5, 0.6) is 11.5 Å². The Hall–Kier alpha value is -3.93. The molecule has 4 aromatic rings. The Morgan fingerprint density at radius 2 is 1.68 bits per heavy atom. The number of methoxy groups -OCH3 is 1. The number of carbonyl (C=O) groups excluding carboxylic acids is 1. The van der Waals surface area contributed by atoms with Crippen molar-refractivity contribution in [2.45, 2.75) is 19.3 Å². The summed E-state index contributed by atoms with van der Waals surface area (Å²) >= 11 is 0. The molecule has 0 saturated heterocycles. The predicted molar refractivity (Wildman–Crippen MR) is 116 cm³/mol. The van der Waals surface area contributed by atoms with Crippen molar-refractivity contribution >= 4 is 5.97 Å². The Kier molecular flexibility index (Phi) is 6.38. The minimum atomic E-state index is -0.343. The molecule has 0 aliphatic carbocycles. The van der Waals surface area contributed by atoms with Gasteiger partial charge in [0.15, 0.2) is 0 Å². The van der Waals surface area contributed by atoms with Gasteiger partial charge < -0.3 is 14.0 Å². The Balaban J connectivity index is 1.35. The third-order valence-corrected chi connectivity index (χ3v) is 4.79. The molecule has 0 spiro atoms. The van der Waals surface area contributed by atoms with E-state index < -0.39 is 0 Å². The molecule has 0 radical (unpaired) electrons. The van der Waals surface area contributed by atoms with Crippen LogP contribution in [0.1, 0.15) is 23.4 Å². The summed E-state index contributed by atoms with van der Waals surface area (Å²) in [5, 5.41) is 3.99. The first-order valence-electron chi connectivity index (χ1n) is 10.0. The zero-order valence-electron chi connectivity index (χ0n) is 17.2. The molecule has 6 heteroatoms. The van der Waals surface area contributed by atoms with Gasteiger partial charge in [-0.3, -0.25) is 4.79 Å². The summed E-state index contributed by atoms with van der Waals surface area (Å²) in [5.74, 6) is 1.84. The number of hydrogen-bond donors (Lipinski definition) is 0. The molecule has 31 heavy (non-hydrogen) atoms. The van der Waals surface area contributed by atoms with Gasteiger partial charge in [0.25, 0.3) is 0 Å². The van der Waals surface area contributed by atoms with Gasteiger partial charge in [0.2, 0.25) is 11.7 Å². The van der Waals surface area contributed by atoms with Gasteiger partial charge in [0, 0.05) is 18.4 Å². The largest absolute Gasteiger partial charge is 0.497 e. The van der Waals surface area contributed by atoms with E-state index in [4.69, 9.17) is 14.0 Å². The van der Waals surface area contributed by atoms with Crippen molar-refractivity contribution in [1.29, 1.82) is 0 Å². The van der Waals surface area contributed by atoms with Crippen LogP contribution in [0, 0.1) is 0 Å². The first-order chi connectivity index (χ1) is 15.2. The molecule has 4 rings (SSSR count). The van der Waals surface area contributed by atoms with Crippen molar-refractivity contribution in [3.63, 3.8) is 0 Å². The van der Waals surface area contributed by atoms with E-state index in [0.717, 1.165) is 22.4 Å². The molecule has 0 fully saturated rings. The average Bonchev–Trinajstić information content (AvgIpc) is 3.29.